The van der Waals surface area contributed by atoms with E-state index in [4.69, 9.17) is 0 Å². The van der Waals surface area contributed by atoms with Crippen LogP contribution in [0.4, 0.5) is 10.1 Å². The molecule has 1 unspecified atom stereocenters. The van der Waals surface area contributed by atoms with Gasteiger partial charge in [0.1, 0.15) is 11.9 Å². The fraction of sp³-hybridized carbons (Fsp3) is 0.176. The lowest BCUT2D eigenvalue weighted by Gasteiger charge is -2.15. The third kappa shape index (κ3) is 3.91. The molecule has 0 spiro atoms. The van der Waals surface area contributed by atoms with Gasteiger partial charge in [-0.15, -0.1) is 0 Å². The highest BCUT2D eigenvalue weighted by Gasteiger charge is 2.17. The maximum atomic E-state index is 12.8. The summed E-state index contributed by atoms with van der Waals surface area (Å²) in [7, 11) is 0. The van der Waals surface area contributed by atoms with Crippen molar-refractivity contribution in [2.45, 2.75) is 19.9 Å². The average Bonchev–Trinajstić information content (AvgIpc) is 2.50. The Kier molecular flexibility index (Phi) is 4.88. The second kappa shape index (κ2) is 6.85. The first-order valence-electron chi connectivity index (χ1n) is 6.90. The minimum absolute atomic E-state index is 0.303. The van der Waals surface area contributed by atoms with Crippen LogP contribution in [0.2, 0.25) is 0 Å². The van der Waals surface area contributed by atoms with Crippen molar-refractivity contribution in [3.05, 3.63) is 65.5 Å². The lowest BCUT2D eigenvalue weighted by molar-refractivity contribution is -0.117. The van der Waals surface area contributed by atoms with Crippen LogP contribution in [0, 0.1) is 12.7 Å². The van der Waals surface area contributed by atoms with E-state index in [0.717, 1.165) is 5.56 Å². The monoisotopic (exact) mass is 300 g/mol. The molecule has 2 rings (SSSR count). The molecule has 2 aromatic carbocycles. The summed E-state index contributed by atoms with van der Waals surface area (Å²) >= 11 is 0. The van der Waals surface area contributed by atoms with E-state index in [2.05, 4.69) is 10.6 Å². The highest BCUT2D eigenvalue weighted by molar-refractivity contribution is 6.01. The van der Waals surface area contributed by atoms with E-state index in [1.54, 1.807) is 13.0 Å². The van der Waals surface area contributed by atoms with Crippen LogP contribution >= 0.6 is 0 Å². The summed E-state index contributed by atoms with van der Waals surface area (Å²) in [6.45, 7) is 3.48. The normalized spacial score (nSPS) is 11.6. The second-order valence-electron chi connectivity index (χ2n) is 5.01. The minimum Gasteiger partial charge on any atom is -0.341 e. The van der Waals surface area contributed by atoms with Crippen molar-refractivity contribution in [2.75, 3.05) is 5.32 Å². The Labute approximate surface area is 128 Å². The van der Waals surface area contributed by atoms with Gasteiger partial charge in [0.15, 0.2) is 0 Å². The summed E-state index contributed by atoms with van der Waals surface area (Å²) < 4.78 is 12.8. The van der Waals surface area contributed by atoms with Crippen LogP contribution in [0.15, 0.2) is 48.5 Å². The molecule has 0 aliphatic heterocycles. The molecule has 0 aliphatic rings. The van der Waals surface area contributed by atoms with Crippen molar-refractivity contribution in [3.63, 3.8) is 0 Å². The highest BCUT2D eigenvalue weighted by Crippen LogP contribution is 2.13. The van der Waals surface area contributed by atoms with E-state index in [1.165, 1.54) is 24.3 Å². The quantitative estimate of drug-likeness (QED) is 0.912. The molecule has 0 heterocycles. The molecule has 2 N–H and O–H groups in total. The zero-order valence-corrected chi connectivity index (χ0v) is 12.4. The first kappa shape index (κ1) is 15.7. The molecule has 22 heavy (non-hydrogen) atoms. The number of benzene rings is 2. The van der Waals surface area contributed by atoms with Gasteiger partial charge in [-0.05, 0) is 49.7 Å². The van der Waals surface area contributed by atoms with E-state index in [0.29, 0.717) is 11.3 Å². The first-order valence-corrected chi connectivity index (χ1v) is 6.90. The molecule has 0 fully saturated rings. The number of aryl methyl sites for hydroxylation is 1. The first-order chi connectivity index (χ1) is 10.5. The molecule has 0 aromatic heterocycles. The smallest absolute Gasteiger partial charge is 0.251 e. The second-order valence-corrected chi connectivity index (χ2v) is 5.01. The maximum absolute atomic E-state index is 12.8. The van der Waals surface area contributed by atoms with Gasteiger partial charge in [-0.1, -0.05) is 18.2 Å². The van der Waals surface area contributed by atoms with Crippen LogP contribution < -0.4 is 10.6 Å². The van der Waals surface area contributed by atoms with Gasteiger partial charge in [-0.3, -0.25) is 9.59 Å². The minimum atomic E-state index is -0.711. The van der Waals surface area contributed by atoms with Gasteiger partial charge < -0.3 is 10.6 Å². The third-order valence-corrected chi connectivity index (χ3v) is 3.25. The van der Waals surface area contributed by atoms with Crippen LogP contribution in [0.5, 0.6) is 0 Å². The van der Waals surface area contributed by atoms with Crippen LogP contribution in [0.25, 0.3) is 0 Å². The maximum Gasteiger partial charge on any atom is 0.251 e. The highest BCUT2D eigenvalue weighted by atomic mass is 19.1. The number of hydrogen-bond donors (Lipinski definition) is 2. The van der Waals surface area contributed by atoms with Gasteiger partial charge in [-0.25, -0.2) is 4.39 Å². The molecule has 0 radical (unpaired) electrons. The summed E-state index contributed by atoms with van der Waals surface area (Å²) in [6, 6.07) is 11.8. The number of para-hydroxylation sites is 1. The lowest BCUT2D eigenvalue weighted by Crippen LogP contribution is -2.41. The number of nitrogens with one attached hydrogen (secondary N) is 2. The van der Waals surface area contributed by atoms with Crippen molar-refractivity contribution in [3.8, 4) is 0 Å². The van der Waals surface area contributed by atoms with Crippen molar-refractivity contribution >= 4 is 17.5 Å². The zero-order valence-electron chi connectivity index (χ0n) is 12.4. The molecule has 0 aliphatic carbocycles. The molecule has 0 saturated heterocycles. The largest absolute Gasteiger partial charge is 0.341 e. The Morgan fingerprint density at radius 2 is 1.68 bits per heavy atom. The molecule has 2 amide bonds. The molecular formula is C17H17FN2O2. The molecular weight excluding hydrogens is 283 g/mol. The van der Waals surface area contributed by atoms with Crippen LogP contribution in [-0.2, 0) is 4.79 Å². The predicted molar refractivity (Wildman–Crippen MR) is 83.1 cm³/mol. The summed E-state index contributed by atoms with van der Waals surface area (Å²) in [6.07, 6.45) is 0. The standard InChI is InChI=1S/C17H17FN2O2/c1-11-5-3-4-6-15(11)20-16(21)12(2)19-17(22)13-7-9-14(18)10-8-13/h3-10,12H,1-2H3,(H,19,22)(H,20,21). The fourth-order valence-corrected chi connectivity index (χ4v) is 1.90. The summed E-state index contributed by atoms with van der Waals surface area (Å²) in [4.78, 5) is 24.1. The number of amides is 2. The number of anilines is 1. The van der Waals surface area contributed by atoms with Crippen LogP contribution in [-0.4, -0.2) is 17.9 Å². The number of carbonyl (C=O) groups is 2. The Morgan fingerprint density at radius 1 is 1.05 bits per heavy atom. The third-order valence-electron chi connectivity index (χ3n) is 3.25. The summed E-state index contributed by atoms with van der Waals surface area (Å²) in [5.41, 5.74) is 1.94. The summed E-state index contributed by atoms with van der Waals surface area (Å²) in [5, 5.41) is 5.34. The molecule has 4 nitrogen and oxygen atoms in total. The Balaban J connectivity index is 1.98. The number of carbonyl (C=O) groups excluding carboxylic acids is 2. The van der Waals surface area contributed by atoms with Gasteiger partial charge in [0, 0.05) is 11.3 Å². The van der Waals surface area contributed by atoms with E-state index in [1.807, 2.05) is 25.1 Å². The lowest BCUT2D eigenvalue weighted by atomic mass is 10.1. The van der Waals surface area contributed by atoms with E-state index in [-0.39, 0.29) is 5.91 Å². The Morgan fingerprint density at radius 3 is 2.32 bits per heavy atom. The van der Waals surface area contributed by atoms with Crippen LogP contribution in [0.1, 0.15) is 22.8 Å². The molecule has 1 atom stereocenters. The molecule has 0 bridgehead atoms. The van der Waals surface area contributed by atoms with Gasteiger partial charge in [0.2, 0.25) is 5.91 Å². The fourth-order valence-electron chi connectivity index (χ4n) is 1.90. The van der Waals surface area contributed by atoms with Crippen molar-refractivity contribution < 1.29 is 14.0 Å². The Hall–Kier alpha value is -2.69. The van der Waals surface area contributed by atoms with E-state index in [9.17, 15) is 14.0 Å². The summed E-state index contributed by atoms with van der Waals surface area (Å²) in [5.74, 6) is -1.15. The van der Waals surface area contributed by atoms with E-state index < -0.39 is 17.8 Å². The molecule has 0 saturated carbocycles. The zero-order chi connectivity index (χ0) is 16.1. The van der Waals surface area contributed by atoms with Crippen molar-refractivity contribution in [1.82, 2.24) is 5.32 Å². The van der Waals surface area contributed by atoms with Gasteiger partial charge in [0.25, 0.3) is 5.91 Å². The number of hydrogen-bond acceptors (Lipinski definition) is 2. The molecule has 2 aromatic rings. The Bertz CT molecular complexity index is 683. The van der Waals surface area contributed by atoms with Gasteiger partial charge in [-0.2, -0.15) is 0 Å². The number of rotatable bonds is 4. The predicted octanol–water partition coefficient (Wildman–Crippen LogP) is 2.89. The van der Waals surface area contributed by atoms with Crippen molar-refractivity contribution in [2.24, 2.45) is 0 Å². The molecule has 5 heteroatoms. The number of halogens is 1. The van der Waals surface area contributed by atoms with Crippen LogP contribution in [0.3, 0.4) is 0 Å². The van der Waals surface area contributed by atoms with Gasteiger partial charge in [0.05, 0.1) is 0 Å². The topological polar surface area (TPSA) is 58.2 Å². The average molecular weight is 300 g/mol. The van der Waals surface area contributed by atoms with Gasteiger partial charge >= 0.3 is 0 Å². The molecule has 114 valence electrons. The van der Waals surface area contributed by atoms with E-state index >= 15 is 0 Å². The van der Waals surface area contributed by atoms with Crippen molar-refractivity contribution in [1.29, 1.82) is 0 Å². The SMILES string of the molecule is Cc1ccccc1NC(=O)C(C)NC(=O)c1ccc(F)cc1.